The molecular weight excluding hydrogens is 314 g/mol. The van der Waals surface area contributed by atoms with Crippen LogP contribution in [-0.2, 0) is 0 Å². The highest BCUT2D eigenvalue weighted by Crippen LogP contribution is 2.26. The molecular formula is C18H21N7. The normalized spacial score (nSPS) is 15.0. The van der Waals surface area contributed by atoms with Crippen molar-refractivity contribution in [1.82, 2.24) is 25.5 Å². The zero-order valence-electron chi connectivity index (χ0n) is 13.9. The Bertz CT molecular complexity index is 793. The smallest absolute Gasteiger partial charge is 0.229 e. The van der Waals surface area contributed by atoms with Crippen LogP contribution in [0.5, 0.6) is 0 Å². The Labute approximate surface area is 146 Å². The maximum absolute atomic E-state index is 4.47. The predicted octanol–water partition coefficient (Wildman–Crippen LogP) is 3.15. The number of anilines is 4. The van der Waals surface area contributed by atoms with Crippen molar-refractivity contribution in [2.45, 2.75) is 18.8 Å². The summed E-state index contributed by atoms with van der Waals surface area (Å²) in [4.78, 5) is 8.75. The van der Waals surface area contributed by atoms with Crippen molar-refractivity contribution in [2.75, 3.05) is 23.7 Å². The van der Waals surface area contributed by atoms with Crippen molar-refractivity contribution in [1.29, 1.82) is 0 Å². The minimum Gasteiger partial charge on any atom is -0.338 e. The molecule has 1 aliphatic heterocycles. The van der Waals surface area contributed by atoms with Crippen molar-refractivity contribution in [3.8, 4) is 0 Å². The number of rotatable bonds is 5. The molecule has 128 valence electrons. The molecule has 0 atom stereocenters. The molecule has 7 nitrogen and oxygen atoms in total. The fraction of sp³-hybridized carbons (Fsp3) is 0.278. The van der Waals surface area contributed by atoms with Gasteiger partial charge in [-0.3, -0.25) is 5.10 Å². The van der Waals surface area contributed by atoms with Crippen LogP contribution in [0.15, 0.2) is 48.9 Å². The van der Waals surface area contributed by atoms with Crippen molar-refractivity contribution in [2.24, 2.45) is 0 Å². The summed E-state index contributed by atoms with van der Waals surface area (Å²) in [5.74, 6) is 1.93. The summed E-state index contributed by atoms with van der Waals surface area (Å²) < 4.78 is 0. The predicted molar refractivity (Wildman–Crippen MR) is 98.5 cm³/mol. The van der Waals surface area contributed by atoms with Gasteiger partial charge >= 0.3 is 0 Å². The van der Waals surface area contributed by atoms with Crippen LogP contribution < -0.4 is 16.0 Å². The Kier molecular flexibility index (Phi) is 4.56. The molecule has 2 aromatic heterocycles. The van der Waals surface area contributed by atoms with E-state index in [0.29, 0.717) is 17.7 Å². The zero-order chi connectivity index (χ0) is 16.9. The summed E-state index contributed by atoms with van der Waals surface area (Å²) >= 11 is 0. The first-order chi connectivity index (χ1) is 12.4. The molecule has 4 N–H and O–H groups in total. The van der Waals surface area contributed by atoms with E-state index in [1.807, 2.05) is 6.07 Å². The van der Waals surface area contributed by atoms with E-state index in [-0.39, 0.29) is 0 Å². The number of aromatic amines is 1. The highest BCUT2D eigenvalue weighted by molar-refractivity contribution is 5.58. The fourth-order valence-corrected chi connectivity index (χ4v) is 3.08. The molecule has 0 amide bonds. The van der Waals surface area contributed by atoms with Gasteiger partial charge in [-0.25, -0.2) is 4.98 Å². The largest absolute Gasteiger partial charge is 0.338 e. The second-order valence-corrected chi connectivity index (χ2v) is 6.15. The summed E-state index contributed by atoms with van der Waals surface area (Å²) in [6.07, 6.45) is 7.61. The number of piperidine rings is 1. The SMILES string of the molecule is c1cc(Nc2cn[nH]c2)nc(Nc2ccc(C3CCNCC3)cc2)n1. The molecule has 1 fully saturated rings. The third-order valence-corrected chi connectivity index (χ3v) is 4.40. The molecule has 3 heterocycles. The Morgan fingerprint density at radius 1 is 0.960 bits per heavy atom. The van der Waals surface area contributed by atoms with E-state index >= 15 is 0 Å². The first kappa shape index (κ1) is 15.6. The Morgan fingerprint density at radius 2 is 1.80 bits per heavy atom. The number of hydrogen-bond donors (Lipinski definition) is 4. The van der Waals surface area contributed by atoms with Crippen LogP contribution in [0.25, 0.3) is 0 Å². The van der Waals surface area contributed by atoms with E-state index in [1.54, 1.807) is 18.6 Å². The highest BCUT2D eigenvalue weighted by atomic mass is 15.2. The van der Waals surface area contributed by atoms with E-state index in [2.05, 4.69) is 60.4 Å². The van der Waals surface area contributed by atoms with Crippen LogP contribution in [0.3, 0.4) is 0 Å². The molecule has 1 aromatic carbocycles. The molecule has 0 saturated carbocycles. The molecule has 0 bridgehead atoms. The lowest BCUT2D eigenvalue weighted by atomic mass is 9.90. The Balaban J connectivity index is 1.43. The fourth-order valence-electron chi connectivity index (χ4n) is 3.08. The van der Waals surface area contributed by atoms with Crippen molar-refractivity contribution in [3.63, 3.8) is 0 Å². The number of nitrogens with one attached hydrogen (secondary N) is 4. The molecule has 0 radical (unpaired) electrons. The third-order valence-electron chi connectivity index (χ3n) is 4.40. The number of aromatic nitrogens is 4. The van der Waals surface area contributed by atoms with E-state index < -0.39 is 0 Å². The maximum atomic E-state index is 4.47. The molecule has 0 aliphatic carbocycles. The Hall–Kier alpha value is -2.93. The minimum atomic E-state index is 0.558. The zero-order valence-corrected chi connectivity index (χ0v) is 13.9. The van der Waals surface area contributed by atoms with Gasteiger partial charge in [0.15, 0.2) is 0 Å². The lowest BCUT2D eigenvalue weighted by Crippen LogP contribution is -2.26. The Morgan fingerprint density at radius 3 is 2.56 bits per heavy atom. The first-order valence-electron chi connectivity index (χ1n) is 8.53. The molecule has 1 saturated heterocycles. The van der Waals surface area contributed by atoms with E-state index in [1.165, 1.54) is 18.4 Å². The molecule has 0 unspecified atom stereocenters. The van der Waals surface area contributed by atoms with Gasteiger partial charge in [0.1, 0.15) is 5.82 Å². The summed E-state index contributed by atoms with van der Waals surface area (Å²) in [5.41, 5.74) is 3.25. The summed E-state index contributed by atoms with van der Waals surface area (Å²) in [5, 5.41) is 16.5. The molecule has 25 heavy (non-hydrogen) atoms. The monoisotopic (exact) mass is 335 g/mol. The second kappa shape index (κ2) is 7.31. The minimum absolute atomic E-state index is 0.558. The van der Waals surface area contributed by atoms with Crippen LogP contribution in [0.4, 0.5) is 23.1 Å². The molecule has 1 aliphatic rings. The van der Waals surface area contributed by atoms with Gasteiger partial charge in [-0.1, -0.05) is 12.1 Å². The van der Waals surface area contributed by atoms with E-state index in [9.17, 15) is 0 Å². The second-order valence-electron chi connectivity index (χ2n) is 6.15. The van der Waals surface area contributed by atoms with Gasteiger partial charge in [0, 0.05) is 18.1 Å². The quantitative estimate of drug-likeness (QED) is 0.573. The third kappa shape index (κ3) is 3.95. The maximum Gasteiger partial charge on any atom is 0.229 e. The van der Waals surface area contributed by atoms with Crippen molar-refractivity contribution < 1.29 is 0 Å². The summed E-state index contributed by atoms with van der Waals surface area (Å²) in [6.45, 7) is 2.21. The van der Waals surface area contributed by atoms with Crippen molar-refractivity contribution >= 4 is 23.1 Å². The standard InChI is InChI=1S/C18H21N7/c1-3-15(4-2-13(1)14-5-8-19-9-6-14)24-18-20-10-7-17(25-18)23-16-11-21-22-12-16/h1-4,7,10-12,14,19H,5-6,8-9H2,(H,21,22)(H2,20,23,24,25). The van der Waals surface area contributed by atoms with Gasteiger partial charge in [-0.2, -0.15) is 10.1 Å². The average Bonchev–Trinajstić information content (AvgIpc) is 3.16. The number of hydrogen-bond acceptors (Lipinski definition) is 6. The topological polar surface area (TPSA) is 90.5 Å². The van der Waals surface area contributed by atoms with Crippen LogP contribution >= 0.6 is 0 Å². The van der Waals surface area contributed by atoms with Crippen LogP contribution in [0.2, 0.25) is 0 Å². The van der Waals surface area contributed by atoms with E-state index in [0.717, 1.165) is 24.5 Å². The lowest BCUT2D eigenvalue weighted by molar-refractivity contribution is 0.460. The summed E-state index contributed by atoms with van der Waals surface area (Å²) in [7, 11) is 0. The van der Waals surface area contributed by atoms with Gasteiger partial charge in [0.05, 0.1) is 11.9 Å². The van der Waals surface area contributed by atoms with Gasteiger partial charge in [0.25, 0.3) is 0 Å². The number of benzene rings is 1. The van der Waals surface area contributed by atoms with Crippen LogP contribution in [-0.4, -0.2) is 33.3 Å². The van der Waals surface area contributed by atoms with Gasteiger partial charge < -0.3 is 16.0 Å². The number of nitrogens with zero attached hydrogens (tertiary/aromatic N) is 3. The lowest BCUT2D eigenvalue weighted by Gasteiger charge is -2.23. The molecule has 3 aromatic rings. The number of H-pyrrole nitrogens is 1. The van der Waals surface area contributed by atoms with Crippen LogP contribution in [0, 0.1) is 0 Å². The molecule has 0 spiro atoms. The van der Waals surface area contributed by atoms with Crippen molar-refractivity contribution in [3.05, 3.63) is 54.5 Å². The highest BCUT2D eigenvalue weighted by Gasteiger charge is 2.14. The first-order valence-corrected chi connectivity index (χ1v) is 8.53. The average molecular weight is 335 g/mol. The molecule has 4 rings (SSSR count). The summed E-state index contributed by atoms with van der Waals surface area (Å²) in [6, 6.07) is 10.4. The van der Waals surface area contributed by atoms with E-state index in [4.69, 9.17) is 0 Å². The van der Waals surface area contributed by atoms with Gasteiger partial charge in [-0.05, 0) is 55.6 Å². The van der Waals surface area contributed by atoms with Gasteiger partial charge in [0.2, 0.25) is 5.95 Å². The van der Waals surface area contributed by atoms with Crippen LogP contribution in [0.1, 0.15) is 24.3 Å². The molecule has 7 heteroatoms. The van der Waals surface area contributed by atoms with Gasteiger partial charge in [-0.15, -0.1) is 0 Å².